The molecule has 0 N–H and O–H groups in total. The van der Waals surface area contributed by atoms with Gasteiger partial charge in [0.1, 0.15) is 5.78 Å². The molecule has 1 fully saturated rings. The van der Waals surface area contributed by atoms with Gasteiger partial charge >= 0.3 is 0 Å². The van der Waals surface area contributed by atoms with E-state index in [9.17, 15) is 4.79 Å². The van der Waals surface area contributed by atoms with Crippen molar-refractivity contribution in [1.82, 2.24) is 0 Å². The number of ketones is 1. The van der Waals surface area contributed by atoms with Gasteiger partial charge in [0, 0.05) is 6.42 Å². The highest BCUT2D eigenvalue weighted by Crippen LogP contribution is 2.21. The first kappa shape index (κ1) is 3.42. The third-order valence-corrected chi connectivity index (χ3v) is 0.835. The molecule has 0 aromatic carbocycles. The normalized spacial score (nSPS) is 29.2. The van der Waals surface area contributed by atoms with E-state index >= 15 is 0 Å². The maximum Gasteiger partial charge on any atom is 0.149 e. The summed E-state index contributed by atoms with van der Waals surface area (Å²) < 4.78 is 0. The Hall–Kier alpha value is -0.770. The molecule has 1 atom stereocenters. The second-order valence-electron chi connectivity index (χ2n) is 1.39. The number of hydrogen-bond acceptors (Lipinski definition) is 1. The predicted molar refractivity (Wildman–Crippen MR) is 21.9 cm³/mol. The Bertz CT molecular complexity index is 118. The largest absolute Gasteiger partial charge is 0.298 e. The summed E-state index contributed by atoms with van der Waals surface area (Å²) in [5.41, 5.74) is 0. The van der Waals surface area contributed by atoms with Gasteiger partial charge in [-0.05, 0) is 0 Å². The summed E-state index contributed by atoms with van der Waals surface area (Å²) in [6, 6.07) is 0. The lowest BCUT2D eigenvalue weighted by Crippen LogP contribution is -1.65. The van der Waals surface area contributed by atoms with Crippen molar-refractivity contribution in [3.05, 3.63) is 0 Å². The zero-order valence-electron chi connectivity index (χ0n) is 3.27. The summed E-state index contributed by atoms with van der Waals surface area (Å²) in [6.45, 7) is 0. The van der Waals surface area contributed by atoms with Gasteiger partial charge in [0.2, 0.25) is 0 Å². The first-order valence-corrected chi connectivity index (χ1v) is 1.83. The van der Waals surface area contributed by atoms with Crippen LogP contribution in [0.5, 0.6) is 0 Å². The molecule has 0 saturated heterocycles. The van der Waals surface area contributed by atoms with Gasteiger partial charge in [-0.25, -0.2) is 0 Å². The molecule has 0 bridgehead atoms. The summed E-state index contributed by atoms with van der Waals surface area (Å²) in [5.74, 6) is 2.55. The molecule has 0 aromatic heterocycles. The molecule has 1 aliphatic carbocycles. The molecule has 1 nitrogen and oxygen atoms in total. The minimum Gasteiger partial charge on any atom is -0.298 e. The lowest BCUT2D eigenvalue weighted by molar-refractivity contribution is -0.110. The van der Waals surface area contributed by atoms with E-state index in [1.54, 1.807) is 0 Å². The van der Waals surface area contributed by atoms with Gasteiger partial charge in [0.15, 0.2) is 0 Å². The van der Waals surface area contributed by atoms with Gasteiger partial charge in [0.25, 0.3) is 0 Å². The van der Waals surface area contributed by atoms with Crippen LogP contribution in [0.2, 0.25) is 0 Å². The van der Waals surface area contributed by atoms with Crippen LogP contribution in [0, 0.1) is 18.3 Å². The van der Waals surface area contributed by atoms with E-state index in [2.05, 4.69) is 5.92 Å². The van der Waals surface area contributed by atoms with Crippen molar-refractivity contribution >= 4 is 5.78 Å². The molecular formula is C5H4O. The number of terminal acetylenes is 1. The van der Waals surface area contributed by atoms with Crippen LogP contribution in [0.1, 0.15) is 6.42 Å². The van der Waals surface area contributed by atoms with Crippen LogP contribution in [0.15, 0.2) is 0 Å². The molecule has 0 spiro atoms. The Balaban J connectivity index is 2.51. The molecule has 1 unspecified atom stereocenters. The minimum absolute atomic E-state index is 0.00926. The van der Waals surface area contributed by atoms with Crippen molar-refractivity contribution in [3.63, 3.8) is 0 Å². The molecule has 0 aromatic rings. The van der Waals surface area contributed by atoms with Gasteiger partial charge in [-0.15, -0.1) is 6.42 Å². The highest BCUT2D eigenvalue weighted by atomic mass is 16.1. The van der Waals surface area contributed by atoms with E-state index in [1.165, 1.54) is 0 Å². The fraction of sp³-hybridized carbons (Fsp3) is 0.400. The van der Waals surface area contributed by atoms with Crippen molar-refractivity contribution in [3.8, 4) is 12.3 Å². The quantitative estimate of drug-likeness (QED) is 0.380. The Morgan fingerprint density at radius 3 is 2.50 bits per heavy atom. The number of carbonyl (C=O) groups excluding carboxylic acids is 1. The molecule has 0 heterocycles. The Labute approximate surface area is 36.4 Å². The first-order chi connectivity index (χ1) is 2.84. The molecular weight excluding hydrogens is 76.1 g/mol. The predicted octanol–water partition coefficient (Wildman–Crippen LogP) is 0.209. The second kappa shape index (κ2) is 0.844. The molecule has 30 valence electrons. The highest BCUT2D eigenvalue weighted by molar-refractivity contribution is 5.98. The van der Waals surface area contributed by atoms with Crippen molar-refractivity contribution < 1.29 is 4.79 Å². The van der Waals surface area contributed by atoms with Crippen molar-refractivity contribution in [2.24, 2.45) is 5.92 Å². The van der Waals surface area contributed by atoms with Crippen molar-refractivity contribution in [1.29, 1.82) is 0 Å². The molecule has 0 aliphatic heterocycles. The van der Waals surface area contributed by atoms with E-state index in [1.807, 2.05) is 0 Å². The van der Waals surface area contributed by atoms with Crippen LogP contribution in [-0.2, 0) is 4.79 Å². The third kappa shape index (κ3) is 0.307. The fourth-order valence-corrected chi connectivity index (χ4v) is 0.294. The number of hydrogen-bond donors (Lipinski definition) is 0. The molecule has 0 radical (unpaired) electrons. The first-order valence-electron chi connectivity index (χ1n) is 1.83. The molecule has 6 heavy (non-hydrogen) atoms. The fourth-order valence-electron chi connectivity index (χ4n) is 0.294. The molecule has 1 rings (SSSR count). The Morgan fingerprint density at radius 1 is 2.00 bits per heavy atom. The number of Topliss-reactive ketones (excluding diaryl/α,β-unsaturated/α-hetero) is 1. The van der Waals surface area contributed by atoms with E-state index in [0.717, 1.165) is 0 Å². The number of carbonyl (C=O) groups is 1. The molecule has 1 heteroatoms. The lowest BCUT2D eigenvalue weighted by atomic mass is 10.5. The van der Waals surface area contributed by atoms with Gasteiger partial charge in [-0.3, -0.25) is 4.79 Å². The van der Waals surface area contributed by atoms with E-state index < -0.39 is 0 Å². The lowest BCUT2D eigenvalue weighted by Gasteiger charge is -1.56. The van der Waals surface area contributed by atoms with Crippen LogP contribution >= 0.6 is 0 Å². The second-order valence-corrected chi connectivity index (χ2v) is 1.39. The van der Waals surface area contributed by atoms with Gasteiger partial charge in [0.05, 0.1) is 5.92 Å². The van der Waals surface area contributed by atoms with Crippen molar-refractivity contribution in [2.75, 3.05) is 0 Å². The van der Waals surface area contributed by atoms with E-state index in [4.69, 9.17) is 6.42 Å². The molecule has 1 aliphatic rings. The van der Waals surface area contributed by atoms with Gasteiger partial charge in [-0.2, -0.15) is 0 Å². The standard InChI is InChI=1S/C5H4O/c1-2-4-3-5(4)6/h1,4H,3H2. The monoisotopic (exact) mass is 80.0 g/mol. The van der Waals surface area contributed by atoms with Crippen LogP contribution in [0.4, 0.5) is 0 Å². The van der Waals surface area contributed by atoms with Crippen LogP contribution in [0.25, 0.3) is 0 Å². The van der Waals surface area contributed by atoms with Crippen LogP contribution in [0.3, 0.4) is 0 Å². The molecule has 0 amide bonds. The smallest absolute Gasteiger partial charge is 0.149 e. The Kier molecular flexibility index (Phi) is 0.481. The summed E-state index contributed by atoms with van der Waals surface area (Å²) >= 11 is 0. The summed E-state index contributed by atoms with van der Waals surface area (Å²) in [5, 5.41) is 0. The average molecular weight is 80.1 g/mol. The number of rotatable bonds is 0. The Morgan fingerprint density at radius 2 is 2.50 bits per heavy atom. The van der Waals surface area contributed by atoms with Crippen LogP contribution in [-0.4, -0.2) is 5.78 Å². The maximum absolute atomic E-state index is 9.98. The van der Waals surface area contributed by atoms with E-state index in [-0.39, 0.29) is 11.7 Å². The maximum atomic E-state index is 9.98. The summed E-state index contributed by atoms with van der Waals surface area (Å²) in [4.78, 5) is 9.98. The summed E-state index contributed by atoms with van der Waals surface area (Å²) in [7, 11) is 0. The average Bonchev–Trinajstić information content (AvgIpc) is 2.19. The molecule has 1 saturated carbocycles. The third-order valence-electron chi connectivity index (χ3n) is 0.835. The van der Waals surface area contributed by atoms with Crippen LogP contribution < -0.4 is 0 Å². The van der Waals surface area contributed by atoms with Gasteiger partial charge < -0.3 is 0 Å². The highest BCUT2D eigenvalue weighted by Gasteiger charge is 2.31. The van der Waals surface area contributed by atoms with Gasteiger partial charge in [-0.1, -0.05) is 5.92 Å². The minimum atomic E-state index is -0.00926. The summed E-state index contributed by atoms with van der Waals surface area (Å²) in [6.07, 6.45) is 5.47. The zero-order valence-corrected chi connectivity index (χ0v) is 3.27. The van der Waals surface area contributed by atoms with Crippen molar-refractivity contribution in [2.45, 2.75) is 6.42 Å². The van der Waals surface area contributed by atoms with E-state index in [0.29, 0.717) is 6.42 Å². The topological polar surface area (TPSA) is 17.1 Å². The zero-order chi connectivity index (χ0) is 4.57. The SMILES string of the molecule is C#CC1CC1=O.